The van der Waals surface area contributed by atoms with Gasteiger partial charge in [-0.15, -0.1) is 21.8 Å². The maximum atomic E-state index is 11.3. The van der Waals surface area contributed by atoms with E-state index in [-0.39, 0.29) is 6.03 Å². The number of rotatable bonds is 6. The molecule has 0 aromatic heterocycles. The Kier molecular flexibility index (Phi) is 5.91. The van der Waals surface area contributed by atoms with Gasteiger partial charge in [0.25, 0.3) is 0 Å². The van der Waals surface area contributed by atoms with Gasteiger partial charge in [-0.05, 0) is 12.0 Å². The average Bonchev–Trinajstić information content (AvgIpc) is 2.65. The average molecular weight is 341 g/mol. The zero-order chi connectivity index (χ0) is 11.3. The summed E-state index contributed by atoms with van der Waals surface area (Å²) in [5.41, 5.74) is 0.606. The van der Waals surface area contributed by atoms with E-state index in [2.05, 4.69) is 34.0 Å². The fourth-order valence-corrected chi connectivity index (χ4v) is 5.15. The first-order chi connectivity index (χ1) is 7.19. The number of carbonyl (C=O) groups is 1. The molecule has 1 rings (SSSR count). The van der Waals surface area contributed by atoms with Crippen LogP contribution in [0.2, 0.25) is 5.54 Å². The van der Waals surface area contributed by atoms with E-state index in [0.717, 1.165) is 32.5 Å². The molecule has 1 aliphatic rings. The van der Waals surface area contributed by atoms with E-state index < -0.39 is 6.29 Å². The molecule has 0 aliphatic carbocycles. The Morgan fingerprint density at radius 2 is 2.47 bits per heavy atom. The van der Waals surface area contributed by atoms with Gasteiger partial charge in [-0.3, -0.25) is 0 Å². The summed E-state index contributed by atoms with van der Waals surface area (Å²) in [6.07, 6.45) is 1.80. The quantitative estimate of drug-likeness (QED) is 0.433. The van der Waals surface area contributed by atoms with Crippen LogP contribution >= 0.6 is 21.8 Å². The van der Waals surface area contributed by atoms with Gasteiger partial charge in [0, 0.05) is 25.9 Å². The molecule has 2 N–H and O–H groups in total. The van der Waals surface area contributed by atoms with Crippen molar-refractivity contribution in [3.63, 3.8) is 0 Å². The number of hydrogen-bond acceptors (Lipinski definition) is 2. The van der Waals surface area contributed by atoms with Crippen molar-refractivity contribution in [3.8, 4) is 0 Å². The Labute approximate surface area is 105 Å². The number of nitrogens with zero attached hydrogens (tertiary/aromatic N) is 1. The van der Waals surface area contributed by atoms with Gasteiger partial charge in [-0.1, -0.05) is 13.3 Å². The molecule has 0 bridgehead atoms. The first-order valence-electron chi connectivity index (χ1n) is 5.33. The molecule has 15 heavy (non-hydrogen) atoms. The van der Waals surface area contributed by atoms with E-state index in [9.17, 15) is 4.79 Å². The summed E-state index contributed by atoms with van der Waals surface area (Å²) in [6.45, 7) is 4.60. The number of amides is 2. The molecule has 1 heterocycles. The number of carbonyl (C=O) groups excluding carboxylic acids is 1. The summed E-state index contributed by atoms with van der Waals surface area (Å²) >= 11 is 2.39. The maximum absolute atomic E-state index is 11.3. The molecule has 87 valence electrons. The number of halogens is 1. The van der Waals surface area contributed by atoms with Gasteiger partial charge in [-0.2, -0.15) is 0 Å². The highest BCUT2D eigenvalue weighted by atomic mass is 127. The third-order valence-electron chi connectivity index (χ3n) is 2.78. The molecule has 6 heteroatoms. The molecule has 2 amide bonds. The lowest BCUT2D eigenvalue weighted by Crippen LogP contribution is -2.31. The van der Waals surface area contributed by atoms with Gasteiger partial charge >= 0.3 is 6.03 Å². The normalized spacial score (nSPS) is 18.4. The second kappa shape index (κ2) is 6.69. The molecular weight excluding hydrogens is 323 g/mol. The molecule has 0 aromatic carbocycles. The summed E-state index contributed by atoms with van der Waals surface area (Å²) in [6, 6.07) is 0.0658. The Bertz CT molecular complexity index is 218. The molecule has 1 aliphatic heterocycles. The molecule has 1 fully saturated rings. The molecule has 4 nitrogen and oxygen atoms in total. The van der Waals surface area contributed by atoms with Crippen molar-refractivity contribution < 1.29 is 9.90 Å². The SMILES string of the molecule is CCC(CCN1CCNC1=O)[Si](I)CO. The predicted octanol–water partition coefficient (Wildman–Crippen LogP) is 1.14. The largest absolute Gasteiger partial charge is 0.399 e. The van der Waals surface area contributed by atoms with Crippen molar-refractivity contribution in [2.75, 3.05) is 25.9 Å². The fraction of sp³-hybridized carbons (Fsp3) is 0.889. The molecule has 1 saturated heterocycles. The molecule has 0 spiro atoms. The maximum Gasteiger partial charge on any atom is 0.317 e. The third-order valence-corrected chi connectivity index (χ3v) is 8.33. The van der Waals surface area contributed by atoms with Crippen LogP contribution < -0.4 is 5.32 Å². The summed E-state index contributed by atoms with van der Waals surface area (Å²) in [4.78, 5) is 13.2. The molecule has 0 aromatic rings. The van der Waals surface area contributed by atoms with Crippen molar-refractivity contribution in [2.45, 2.75) is 25.3 Å². The smallest absolute Gasteiger partial charge is 0.317 e. The van der Waals surface area contributed by atoms with Crippen molar-refractivity contribution in [2.24, 2.45) is 0 Å². The van der Waals surface area contributed by atoms with E-state index in [1.165, 1.54) is 0 Å². The van der Waals surface area contributed by atoms with E-state index in [1.807, 2.05) is 4.90 Å². The molecule has 1 radical (unpaired) electrons. The number of urea groups is 1. The second-order valence-corrected chi connectivity index (χ2v) is 9.90. The lowest BCUT2D eigenvalue weighted by molar-refractivity contribution is 0.216. The van der Waals surface area contributed by atoms with Crippen molar-refractivity contribution >= 4 is 34.1 Å². The fourth-order valence-electron chi connectivity index (χ4n) is 1.75. The van der Waals surface area contributed by atoms with Gasteiger partial charge in [0.05, 0.1) is 0 Å². The van der Waals surface area contributed by atoms with Crippen LogP contribution in [-0.2, 0) is 0 Å². The van der Waals surface area contributed by atoms with Gasteiger partial charge in [0.15, 0.2) is 6.29 Å². The topological polar surface area (TPSA) is 52.6 Å². The van der Waals surface area contributed by atoms with Gasteiger partial charge in [0.1, 0.15) is 0 Å². The van der Waals surface area contributed by atoms with Crippen molar-refractivity contribution in [1.29, 1.82) is 0 Å². The number of hydrogen-bond donors (Lipinski definition) is 2. The predicted molar refractivity (Wildman–Crippen MR) is 70.5 cm³/mol. The van der Waals surface area contributed by atoms with Crippen LogP contribution in [0, 0.1) is 0 Å². The van der Waals surface area contributed by atoms with Crippen LogP contribution in [0.25, 0.3) is 0 Å². The van der Waals surface area contributed by atoms with Crippen LogP contribution in [0.1, 0.15) is 19.8 Å². The van der Waals surface area contributed by atoms with E-state index in [0.29, 0.717) is 11.8 Å². The van der Waals surface area contributed by atoms with Crippen LogP contribution in [0.3, 0.4) is 0 Å². The van der Waals surface area contributed by atoms with Crippen LogP contribution in [0.5, 0.6) is 0 Å². The highest BCUT2D eigenvalue weighted by molar-refractivity contribution is 14.1. The minimum Gasteiger partial charge on any atom is -0.399 e. The van der Waals surface area contributed by atoms with Crippen molar-refractivity contribution in [3.05, 3.63) is 0 Å². The zero-order valence-electron chi connectivity index (χ0n) is 9.00. The summed E-state index contributed by atoms with van der Waals surface area (Å²) in [5, 5.41) is 11.9. The number of aliphatic hydroxyl groups excluding tert-OH is 1. The molecule has 1 atom stereocenters. The zero-order valence-corrected chi connectivity index (χ0v) is 12.2. The Hall–Kier alpha value is 0.177. The first-order valence-corrected chi connectivity index (χ1v) is 10.2. The van der Waals surface area contributed by atoms with Gasteiger partial charge in [0.2, 0.25) is 0 Å². The molecule has 1 unspecified atom stereocenters. The minimum atomic E-state index is -0.660. The Morgan fingerprint density at radius 3 is 2.93 bits per heavy atom. The van der Waals surface area contributed by atoms with E-state index >= 15 is 0 Å². The summed E-state index contributed by atoms with van der Waals surface area (Å²) in [7, 11) is 0. The Morgan fingerprint density at radius 1 is 1.73 bits per heavy atom. The second-order valence-electron chi connectivity index (χ2n) is 3.72. The number of nitrogens with one attached hydrogen (secondary N) is 1. The monoisotopic (exact) mass is 341 g/mol. The highest BCUT2D eigenvalue weighted by Gasteiger charge is 2.23. The molecular formula is C9H18IN2O2Si. The lowest BCUT2D eigenvalue weighted by atomic mass is 10.2. The summed E-state index contributed by atoms with van der Waals surface area (Å²) in [5.74, 6) is 0. The first kappa shape index (κ1) is 13.2. The third kappa shape index (κ3) is 3.91. The molecule has 0 saturated carbocycles. The summed E-state index contributed by atoms with van der Waals surface area (Å²) < 4.78 is 0. The van der Waals surface area contributed by atoms with E-state index in [4.69, 9.17) is 5.11 Å². The minimum absolute atomic E-state index is 0.0658. The Balaban J connectivity index is 2.30. The highest BCUT2D eigenvalue weighted by Crippen LogP contribution is 2.24. The van der Waals surface area contributed by atoms with Crippen LogP contribution in [-0.4, -0.2) is 48.2 Å². The van der Waals surface area contributed by atoms with Crippen LogP contribution in [0.15, 0.2) is 0 Å². The van der Waals surface area contributed by atoms with Gasteiger partial charge in [-0.25, -0.2) is 4.79 Å². The van der Waals surface area contributed by atoms with Gasteiger partial charge < -0.3 is 15.3 Å². The number of aliphatic hydroxyl groups is 1. The van der Waals surface area contributed by atoms with Crippen LogP contribution in [0.4, 0.5) is 4.79 Å². The van der Waals surface area contributed by atoms with E-state index in [1.54, 1.807) is 0 Å². The standard InChI is InChI=1S/C9H18IN2O2Si/c1-2-8(15(10)7-13)3-5-12-6-4-11-9(12)14/h8,13H,2-7H2,1H3,(H,11,14). The van der Waals surface area contributed by atoms with Crippen molar-refractivity contribution in [1.82, 2.24) is 10.2 Å². The lowest BCUT2D eigenvalue weighted by Gasteiger charge is -2.21.